The van der Waals surface area contributed by atoms with E-state index in [1.54, 1.807) is 13.0 Å². The molecule has 2 heterocycles. The number of anilines is 1. The number of hydrogen-bond acceptors (Lipinski definition) is 8. The van der Waals surface area contributed by atoms with Crippen molar-refractivity contribution in [1.82, 2.24) is 25.2 Å². The summed E-state index contributed by atoms with van der Waals surface area (Å²) in [5.74, 6) is -0.662. The predicted molar refractivity (Wildman–Crippen MR) is 122 cm³/mol. The molecule has 10 heteroatoms. The molecule has 0 radical (unpaired) electrons. The summed E-state index contributed by atoms with van der Waals surface area (Å²) in [6.07, 6.45) is 1.61. The molecule has 0 N–H and O–H groups in total. The van der Waals surface area contributed by atoms with Crippen molar-refractivity contribution in [2.45, 2.75) is 13.8 Å². The van der Waals surface area contributed by atoms with E-state index in [2.05, 4.69) is 20.5 Å². The molecule has 4 rings (SSSR count). The van der Waals surface area contributed by atoms with Crippen molar-refractivity contribution in [3.63, 3.8) is 0 Å². The molecule has 0 bridgehead atoms. The van der Waals surface area contributed by atoms with Gasteiger partial charge in [0.05, 0.1) is 10.2 Å². The lowest BCUT2D eigenvalue weighted by Crippen LogP contribution is -2.34. The lowest BCUT2D eigenvalue weighted by molar-refractivity contribution is -0.142. The minimum atomic E-state index is -0.710. The maximum Gasteiger partial charge on any atom is 0.357 e. The fourth-order valence-electron chi connectivity index (χ4n) is 3.04. The topological polar surface area (TPSA) is 103 Å². The highest BCUT2D eigenvalue weighted by Crippen LogP contribution is 2.28. The van der Waals surface area contributed by atoms with E-state index in [0.29, 0.717) is 17.5 Å². The Bertz CT molecular complexity index is 1250. The van der Waals surface area contributed by atoms with Crippen LogP contribution < -0.4 is 4.90 Å². The minimum absolute atomic E-state index is 0.106. The van der Waals surface area contributed by atoms with Gasteiger partial charge in [-0.05, 0) is 48.0 Å². The highest BCUT2D eigenvalue weighted by Gasteiger charge is 2.23. The molecule has 0 aliphatic heterocycles. The van der Waals surface area contributed by atoms with Crippen LogP contribution in [0.4, 0.5) is 5.13 Å². The van der Waals surface area contributed by atoms with Gasteiger partial charge in [0.2, 0.25) is 0 Å². The Morgan fingerprint density at radius 3 is 2.56 bits per heavy atom. The smallest absolute Gasteiger partial charge is 0.357 e. The van der Waals surface area contributed by atoms with Crippen LogP contribution in [-0.4, -0.2) is 50.2 Å². The first kappa shape index (κ1) is 21.3. The number of rotatable bonds is 7. The number of aromatic nitrogens is 5. The quantitative estimate of drug-likeness (QED) is 0.316. The monoisotopic (exact) mass is 448 g/mol. The van der Waals surface area contributed by atoms with Crippen LogP contribution in [0.25, 0.3) is 22.0 Å². The third-order valence-electron chi connectivity index (χ3n) is 4.62. The molecule has 2 aromatic heterocycles. The summed E-state index contributed by atoms with van der Waals surface area (Å²) in [5.41, 5.74) is 1.69. The predicted octanol–water partition coefficient (Wildman–Crippen LogP) is 3.19. The first-order valence-electron chi connectivity index (χ1n) is 9.92. The lowest BCUT2D eigenvalue weighted by Gasteiger charge is -2.17. The average molecular weight is 449 g/mol. The van der Waals surface area contributed by atoms with Gasteiger partial charge in [0.15, 0.2) is 23.3 Å². The van der Waals surface area contributed by atoms with E-state index in [0.717, 1.165) is 15.8 Å². The second kappa shape index (κ2) is 9.48. The van der Waals surface area contributed by atoms with Gasteiger partial charge in [0.1, 0.15) is 0 Å². The molecule has 0 atom stereocenters. The zero-order valence-electron chi connectivity index (χ0n) is 17.5. The van der Waals surface area contributed by atoms with Gasteiger partial charge in [0.25, 0.3) is 5.91 Å². The number of carbonyl (C=O) groups excluding carboxylic acids is 2. The van der Waals surface area contributed by atoms with Gasteiger partial charge in [-0.2, -0.15) is 4.68 Å². The van der Waals surface area contributed by atoms with Gasteiger partial charge < -0.3 is 4.74 Å². The zero-order valence-corrected chi connectivity index (χ0v) is 18.3. The number of carbonyl (C=O) groups is 2. The van der Waals surface area contributed by atoms with Gasteiger partial charge in [-0.3, -0.25) is 9.69 Å². The maximum absolute atomic E-state index is 12.9. The van der Waals surface area contributed by atoms with Crippen LogP contribution in [0.15, 0.2) is 54.6 Å². The maximum atomic E-state index is 12.9. The van der Waals surface area contributed by atoms with Gasteiger partial charge in [-0.1, -0.05) is 53.8 Å². The molecule has 1 amide bonds. The summed E-state index contributed by atoms with van der Waals surface area (Å²) in [6, 6.07) is 16.9. The molecule has 2 aromatic carbocycles. The van der Waals surface area contributed by atoms with E-state index in [1.165, 1.54) is 20.9 Å². The lowest BCUT2D eigenvalue weighted by atomic mass is 10.2. The molecule has 32 heavy (non-hydrogen) atoms. The first-order valence-corrected chi connectivity index (χ1v) is 10.7. The molecular formula is C22H20N6O3S. The molecule has 0 aliphatic rings. The fraction of sp³-hybridized carbons (Fsp3) is 0.182. The van der Waals surface area contributed by atoms with Crippen LogP contribution in [0, 0.1) is 6.92 Å². The third kappa shape index (κ3) is 4.54. The number of nitrogens with zero attached hydrogens (tertiary/aromatic N) is 6. The largest absolute Gasteiger partial charge is 0.451 e. The number of fused-ring (bicyclic) bond motifs is 1. The Morgan fingerprint density at radius 2 is 1.88 bits per heavy atom. The van der Waals surface area contributed by atoms with Crippen molar-refractivity contribution >= 4 is 50.3 Å². The Morgan fingerprint density at radius 1 is 1.12 bits per heavy atom. The van der Waals surface area contributed by atoms with Crippen molar-refractivity contribution in [2.24, 2.45) is 0 Å². The summed E-state index contributed by atoms with van der Waals surface area (Å²) in [5, 5.41) is 11.9. The van der Waals surface area contributed by atoms with Crippen LogP contribution in [0.1, 0.15) is 18.3 Å². The number of amides is 1. The minimum Gasteiger partial charge on any atom is -0.451 e. The van der Waals surface area contributed by atoms with Crippen LogP contribution in [0.3, 0.4) is 0 Å². The highest BCUT2D eigenvalue weighted by molar-refractivity contribution is 7.22. The van der Waals surface area contributed by atoms with E-state index in [1.807, 2.05) is 61.5 Å². The van der Waals surface area contributed by atoms with Gasteiger partial charge in [0, 0.05) is 6.54 Å². The Labute approximate surface area is 187 Å². The Hall–Kier alpha value is -3.92. The van der Waals surface area contributed by atoms with Gasteiger partial charge in [-0.25, -0.2) is 9.78 Å². The van der Waals surface area contributed by atoms with Gasteiger partial charge in [-0.15, -0.1) is 5.10 Å². The standard InChI is InChI=1S/C22H20N6O3S/c1-3-27(22-23-17-11-7-8-12-19(17)32-22)20(29)14-31-21(30)18(28-15(2)24-25-26-28)13-16-9-5-4-6-10-16/h4-13H,3,14H2,1-2H3/b18-13-. The molecule has 0 fully saturated rings. The second-order valence-electron chi connectivity index (χ2n) is 6.76. The van der Waals surface area contributed by atoms with E-state index in [4.69, 9.17) is 4.74 Å². The number of esters is 1. The Balaban J connectivity index is 1.52. The number of benzene rings is 2. The third-order valence-corrected chi connectivity index (χ3v) is 5.68. The number of likely N-dealkylation sites (N-methyl/N-ethyl adjacent to an activating group) is 1. The summed E-state index contributed by atoms with van der Waals surface area (Å²) in [7, 11) is 0. The summed E-state index contributed by atoms with van der Waals surface area (Å²) >= 11 is 1.41. The molecule has 0 saturated carbocycles. The molecule has 0 spiro atoms. The molecule has 9 nitrogen and oxygen atoms in total. The van der Waals surface area contributed by atoms with Gasteiger partial charge >= 0.3 is 5.97 Å². The van der Waals surface area contributed by atoms with Crippen LogP contribution in [-0.2, 0) is 14.3 Å². The van der Waals surface area contributed by atoms with Crippen LogP contribution in [0.5, 0.6) is 0 Å². The number of hydrogen-bond donors (Lipinski definition) is 0. The molecule has 0 unspecified atom stereocenters. The number of thiazole rings is 1. The van der Waals surface area contributed by atoms with Crippen LogP contribution >= 0.6 is 11.3 Å². The summed E-state index contributed by atoms with van der Waals surface area (Å²) < 4.78 is 7.62. The number of aryl methyl sites for hydroxylation is 1. The van der Waals surface area contributed by atoms with Crippen molar-refractivity contribution in [2.75, 3.05) is 18.1 Å². The Kier molecular flexibility index (Phi) is 6.31. The zero-order chi connectivity index (χ0) is 22.5. The fourth-order valence-corrected chi connectivity index (χ4v) is 4.09. The summed E-state index contributed by atoms with van der Waals surface area (Å²) in [6.45, 7) is 3.48. The van der Waals surface area contributed by atoms with Crippen molar-refractivity contribution < 1.29 is 14.3 Å². The van der Waals surface area contributed by atoms with Crippen molar-refractivity contribution in [1.29, 1.82) is 0 Å². The molecular weight excluding hydrogens is 428 g/mol. The van der Waals surface area contributed by atoms with E-state index < -0.39 is 12.6 Å². The van der Waals surface area contributed by atoms with Crippen LogP contribution in [0.2, 0.25) is 0 Å². The van der Waals surface area contributed by atoms with Crippen molar-refractivity contribution in [3.8, 4) is 0 Å². The molecule has 4 aromatic rings. The number of para-hydroxylation sites is 1. The number of ether oxygens (including phenoxy) is 1. The SMILES string of the molecule is CCN(C(=O)COC(=O)/C(=C/c1ccccc1)n1nnnc1C)c1nc2ccccc2s1. The number of tetrazole rings is 1. The molecule has 0 saturated heterocycles. The van der Waals surface area contributed by atoms with E-state index >= 15 is 0 Å². The van der Waals surface area contributed by atoms with E-state index in [-0.39, 0.29) is 11.6 Å². The molecule has 0 aliphatic carbocycles. The van der Waals surface area contributed by atoms with E-state index in [9.17, 15) is 9.59 Å². The normalized spacial score (nSPS) is 11.5. The van der Waals surface area contributed by atoms with Crippen molar-refractivity contribution in [3.05, 3.63) is 66.0 Å². The average Bonchev–Trinajstić information content (AvgIpc) is 3.43. The second-order valence-corrected chi connectivity index (χ2v) is 7.77. The highest BCUT2D eigenvalue weighted by atomic mass is 32.1. The molecule has 162 valence electrons. The first-order chi connectivity index (χ1) is 15.6. The summed E-state index contributed by atoms with van der Waals surface area (Å²) in [4.78, 5) is 31.8.